The number of aldehydes is 1. The topological polar surface area (TPSA) is 17.1 Å². The Balaban J connectivity index is 4.42. The predicted molar refractivity (Wildman–Crippen MR) is 67.0 cm³/mol. The lowest BCUT2D eigenvalue weighted by Gasteiger charge is -2.29. The van der Waals surface area contributed by atoms with E-state index in [-0.39, 0.29) is 5.41 Å². The van der Waals surface area contributed by atoms with Crippen molar-refractivity contribution >= 4 is 6.29 Å². The molecule has 0 heterocycles. The summed E-state index contributed by atoms with van der Waals surface area (Å²) in [5.41, 5.74) is 0.907. The van der Waals surface area contributed by atoms with Crippen LogP contribution in [0.25, 0.3) is 0 Å². The molecule has 1 nitrogen and oxygen atoms in total. The summed E-state index contributed by atoms with van der Waals surface area (Å²) in [6, 6.07) is 0. The molecule has 0 spiro atoms. The van der Waals surface area contributed by atoms with Crippen molar-refractivity contribution in [1.82, 2.24) is 0 Å². The van der Waals surface area contributed by atoms with Crippen molar-refractivity contribution in [2.45, 2.75) is 65.7 Å². The first kappa shape index (κ1) is 14.4. The summed E-state index contributed by atoms with van der Waals surface area (Å²) in [5.74, 6) is 0. The van der Waals surface area contributed by atoms with E-state index in [9.17, 15) is 4.79 Å². The fourth-order valence-electron chi connectivity index (χ4n) is 2.07. The van der Waals surface area contributed by atoms with Crippen molar-refractivity contribution in [2.24, 2.45) is 5.41 Å². The molecule has 0 aromatic carbocycles. The highest BCUT2D eigenvalue weighted by Gasteiger charge is 2.29. The number of rotatable bonds is 9. The number of allylic oxidation sites excluding steroid dienone is 1. The van der Waals surface area contributed by atoms with E-state index in [1.807, 2.05) is 0 Å². The largest absolute Gasteiger partial charge is 0.302 e. The third-order valence-electron chi connectivity index (χ3n) is 3.34. The summed E-state index contributed by atoms with van der Waals surface area (Å²) in [6.45, 7) is 10.5. The fourth-order valence-corrected chi connectivity index (χ4v) is 2.07. The summed E-state index contributed by atoms with van der Waals surface area (Å²) in [7, 11) is 0. The van der Waals surface area contributed by atoms with E-state index in [0.29, 0.717) is 0 Å². The fraction of sp³-hybridized carbons (Fsp3) is 0.786. The predicted octanol–water partition coefficient (Wildman–Crippen LogP) is 4.52. The van der Waals surface area contributed by atoms with Crippen LogP contribution in [-0.4, -0.2) is 6.29 Å². The Morgan fingerprint density at radius 3 is 2.27 bits per heavy atom. The van der Waals surface area contributed by atoms with Gasteiger partial charge in [0.25, 0.3) is 0 Å². The second-order valence-electron chi connectivity index (χ2n) is 4.44. The van der Waals surface area contributed by atoms with Crippen LogP contribution in [0.2, 0.25) is 0 Å². The van der Waals surface area contributed by atoms with E-state index in [2.05, 4.69) is 27.4 Å². The van der Waals surface area contributed by atoms with Crippen molar-refractivity contribution in [3.8, 4) is 0 Å². The summed E-state index contributed by atoms with van der Waals surface area (Å²) >= 11 is 0. The van der Waals surface area contributed by atoms with Crippen LogP contribution in [-0.2, 0) is 4.79 Å². The summed E-state index contributed by atoms with van der Waals surface area (Å²) in [6.07, 6.45) is 8.67. The van der Waals surface area contributed by atoms with Crippen LogP contribution in [0.5, 0.6) is 0 Å². The molecule has 0 aliphatic carbocycles. The van der Waals surface area contributed by atoms with Gasteiger partial charge in [-0.3, -0.25) is 0 Å². The van der Waals surface area contributed by atoms with Gasteiger partial charge in [-0.15, -0.1) is 0 Å². The molecule has 0 saturated carbocycles. The number of carbonyl (C=O) groups excluding carboxylic acids is 1. The Kier molecular flexibility index (Phi) is 7.37. The van der Waals surface area contributed by atoms with Crippen molar-refractivity contribution in [2.75, 3.05) is 0 Å². The molecule has 0 bridgehead atoms. The quantitative estimate of drug-likeness (QED) is 0.311. The van der Waals surface area contributed by atoms with Gasteiger partial charge in [0.05, 0.1) is 0 Å². The molecule has 88 valence electrons. The first-order chi connectivity index (χ1) is 7.16. The number of carbonyl (C=O) groups is 1. The second kappa shape index (κ2) is 7.67. The van der Waals surface area contributed by atoms with Crippen LogP contribution in [0.1, 0.15) is 65.7 Å². The zero-order chi connectivity index (χ0) is 11.7. The zero-order valence-electron chi connectivity index (χ0n) is 10.6. The molecule has 1 atom stereocenters. The highest BCUT2D eigenvalue weighted by atomic mass is 16.1. The van der Waals surface area contributed by atoms with Gasteiger partial charge in [-0.1, -0.05) is 58.6 Å². The summed E-state index contributed by atoms with van der Waals surface area (Å²) < 4.78 is 0. The van der Waals surface area contributed by atoms with E-state index < -0.39 is 0 Å². The molecule has 0 saturated heterocycles. The average Bonchev–Trinajstić information content (AvgIpc) is 2.25. The van der Waals surface area contributed by atoms with Crippen molar-refractivity contribution < 1.29 is 4.79 Å². The molecule has 0 aromatic heterocycles. The van der Waals surface area contributed by atoms with Crippen LogP contribution in [0, 0.1) is 5.41 Å². The van der Waals surface area contributed by atoms with Gasteiger partial charge in [-0.25, -0.2) is 0 Å². The maximum atomic E-state index is 11.3. The van der Waals surface area contributed by atoms with Crippen molar-refractivity contribution in [1.29, 1.82) is 0 Å². The third kappa shape index (κ3) is 4.19. The van der Waals surface area contributed by atoms with Crippen molar-refractivity contribution in [3.63, 3.8) is 0 Å². The maximum absolute atomic E-state index is 11.3. The molecule has 0 rings (SSSR count). The Bertz CT molecular complexity index is 196. The Morgan fingerprint density at radius 1 is 1.20 bits per heavy atom. The highest BCUT2D eigenvalue weighted by molar-refractivity contribution is 5.64. The van der Waals surface area contributed by atoms with Gasteiger partial charge in [0, 0.05) is 5.41 Å². The average molecular weight is 210 g/mol. The molecular weight excluding hydrogens is 184 g/mol. The lowest BCUT2D eigenvalue weighted by Crippen LogP contribution is -2.24. The highest BCUT2D eigenvalue weighted by Crippen LogP contribution is 2.36. The standard InChI is InChI=1S/C14H26O/c1-5-8-9-11-14(7-3,12-15)13(4)10-6-2/h12H,4-11H2,1-3H3. The molecule has 1 heteroatoms. The van der Waals surface area contributed by atoms with E-state index >= 15 is 0 Å². The van der Waals surface area contributed by atoms with Gasteiger partial charge in [-0.05, 0) is 19.3 Å². The van der Waals surface area contributed by atoms with E-state index in [4.69, 9.17) is 0 Å². The smallest absolute Gasteiger partial charge is 0.130 e. The minimum atomic E-state index is -0.231. The molecule has 0 fully saturated rings. The molecular formula is C14H26O. The molecule has 0 aromatic rings. The van der Waals surface area contributed by atoms with Crippen LogP contribution in [0.3, 0.4) is 0 Å². The Hall–Kier alpha value is -0.590. The van der Waals surface area contributed by atoms with Gasteiger partial charge in [-0.2, -0.15) is 0 Å². The summed E-state index contributed by atoms with van der Waals surface area (Å²) in [5, 5.41) is 0. The minimum Gasteiger partial charge on any atom is -0.302 e. The first-order valence-electron chi connectivity index (χ1n) is 6.31. The zero-order valence-corrected chi connectivity index (χ0v) is 10.6. The maximum Gasteiger partial charge on any atom is 0.130 e. The number of hydrogen-bond donors (Lipinski definition) is 0. The molecule has 1 unspecified atom stereocenters. The first-order valence-corrected chi connectivity index (χ1v) is 6.31. The van der Waals surface area contributed by atoms with E-state index in [1.54, 1.807) is 0 Å². The van der Waals surface area contributed by atoms with Crippen LogP contribution < -0.4 is 0 Å². The molecule has 15 heavy (non-hydrogen) atoms. The normalized spacial score (nSPS) is 14.6. The molecule has 0 radical (unpaired) electrons. The molecule has 0 aliphatic rings. The number of unbranched alkanes of at least 4 members (excludes halogenated alkanes) is 2. The van der Waals surface area contributed by atoms with Crippen LogP contribution >= 0.6 is 0 Å². The monoisotopic (exact) mass is 210 g/mol. The molecule has 0 N–H and O–H groups in total. The minimum absolute atomic E-state index is 0.231. The van der Waals surface area contributed by atoms with Crippen molar-refractivity contribution in [3.05, 3.63) is 12.2 Å². The SMILES string of the molecule is C=C(CCC)C(C=O)(CC)CCCCC. The lowest BCUT2D eigenvalue weighted by atomic mass is 9.74. The third-order valence-corrected chi connectivity index (χ3v) is 3.34. The Morgan fingerprint density at radius 2 is 1.87 bits per heavy atom. The van der Waals surface area contributed by atoms with E-state index in [1.165, 1.54) is 12.8 Å². The number of hydrogen-bond acceptors (Lipinski definition) is 1. The van der Waals surface area contributed by atoms with Gasteiger partial charge in [0.1, 0.15) is 6.29 Å². The van der Waals surface area contributed by atoms with Gasteiger partial charge in [0.15, 0.2) is 0 Å². The van der Waals surface area contributed by atoms with E-state index in [0.717, 1.165) is 44.0 Å². The second-order valence-corrected chi connectivity index (χ2v) is 4.44. The summed E-state index contributed by atoms with van der Waals surface area (Å²) in [4.78, 5) is 11.3. The van der Waals surface area contributed by atoms with Crippen LogP contribution in [0.15, 0.2) is 12.2 Å². The Labute approximate surface area is 95.0 Å². The van der Waals surface area contributed by atoms with Gasteiger partial charge in [0.2, 0.25) is 0 Å². The van der Waals surface area contributed by atoms with Crippen LogP contribution in [0.4, 0.5) is 0 Å². The lowest BCUT2D eigenvalue weighted by molar-refractivity contribution is -0.115. The van der Waals surface area contributed by atoms with Gasteiger partial charge < -0.3 is 4.79 Å². The molecule has 0 aliphatic heterocycles. The molecule has 0 amide bonds. The van der Waals surface area contributed by atoms with Gasteiger partial charge >= 0.3 is 0 Å².